The van der Waals surface area contributed by atoms with Crippen molar-refractivity contribution in [2.75, 3.05) is 27.8 Å². The molecule has 0 aromatic carbocycles. The molecular formula is C5H12S6. The lowest BCUT2D eigenvalue weighted by Gasteiger charge is -1.98. The van der Waals surface area contributed by atoms with E-state index in [0.717, 1.165) is 0 Å². The highest BCUT2D eigenvalue weighted by Crippen LogP contribution is 2.32. The maximum Gasteiger partial charge on any atom is 0.0600 e. The Kier molecular flexibility index (Phi) is 14.4. The minimum atomic E-state index is 1.20. The fourth-order valence-corrected chi connectivity index (χ4v) is 7.31. The Bertz CT molecular complexity index is 60.0. The van der Waals surface area contributed by atoms with Crippen LogP contribution in [0, 0.1) is 0 Å². The smallest absolute Gasteiger partial charge is 0.0600 e. The Labute approximate surface area is 93.7 Å². The van der Waals surface area contributed by atoms with Gasteiger partial charge in [0.1, 0.15) is 0 Å². The van der Waals surface area contributed by atoms with Crippen LogP contribution in [0.1, 0.15) is 0 Å². The first-order chi connectivity index (χ1) is 5.41. The summed E-state index contributed by atoms with van der Waals surface area (Å²) in [6, 6.07) is 0. The van der Waals surface area contributed by atoms with E-state index < -0.39 is 0 Å². The molecule has 0 N–H and O–H groups in total. The van der Waals surface area contributed by atoms with E-state index in [2.05, 4.69) is 12.5 Å². The molecule has 0 unspecified atom stereocenters. The van der Waals surface area contributed by atoms with Gasteiger partial charge in [-0.1, -0.05) is 43.2 Å². The van der Waals surface area contributed by atoms with Crippen LogP contribution in [0.4, 0.5) is 0 Å². The van der Waals surface area contributed by atoms with Crippen molar-refractivity contribution < 1.29 is 0 Å². The molecule has 68 valence electrons. The molecule has 0 nitrogen and oxygen atoms in total. The van der Waals surface area contributed by atoms with Crippen LogP contribution in [-0.2, 0) is 0 Å². The van der Waals surface area contributed by atoms with E-state index in [1.165, 1.54) is 15.3 Å². The van der Waals surface area contributed by atoms with Crippen LogP contribution in [0.2, 0.25) is 0 Å². The quantitative estimate of drug-likeness (QED) is 0.360. The zero-order valence-corrected chi connectivity index (χ0v) is 11.5. The second kappa shape index (κ2) is 12.1. The van der Waals surface area contributed by atoms with Gasteiger partial charge in [-0.25, -0.2) is 0 Å². The Balaban J connectivity index is 2.69. The van der Waals surface area contributed by atoms with E-state index in [0.29, 0.717) is 0 Å². The van der Waals surface area contributed by atoms with Gasteiger partial charge >= 0.3 is 0 Å². The van der Waals surface area contributed by atoms with Crippen molar-refractivity contribution in [3.05, 3.63) is 0 Å². The first-order valence-corrected chi connectivity index (χ1v) is 10.6. The molecule has 0 rings (SSSR count). The molecule has 0 heterocycles. The predicted octanol–water partition coefficient (Wildman–Crippen LogP) is 4.35. The van der Waals surface area contributed by atoms with E-state index in [1.807, 2.05) is 66.7 Å². The summed E-state index contributed by atoms with van der Waals surface area (Å²) >= 11 is 3.90. The number of hydrogen-bond acceptors (Lipinski definition) is 6. The van der Waals surface area contributed by atoms with Crippen LogP contribution in [0.3, 0.4) is 0 Å². The van der Waals surface area contributed by atoms with Gasteiger partial charge in [0.2, 0.25) is 0 Å². The highest BCUT2D eigenvalue weighted by Gasteiger charge is 1.90. The van der Waals surface area contributed by atoms with E-state index >= 15 is 0 Å². The molecule has 0 aromatic heterocycles. The van der Waals surface area contributed by atoms with Gasteiger partial charge in [-0.05, 0) is 12.5 Å². The van der Waals surface area contributed by atoms with Crippen LogP contribution < -0.4 is 0 Å². The van der Waals surface area contributed by atoms with Crippen LogP contribution in [0.15, 0.2) is 0 Å². The summed E-state index contributed by atoms with van der Waals surface area (Å²) in [7, 11) is 7.68. The van der Waals surface area contributed by atoms with Gasteiger partial charge in [-0.15, -0.1) is 11.8 Å². The summed E-state index contributed by atoms with van der Waals surface area (Å²) in [5.74, 6) is 0. The van der Waals surface area contributed by atoms with Crippen molar-refractivity contribution in [3.8, 4) is 0 Å². The number of rotatable bonds is 8. The number of thioether (sulfide) groups is 2. The largest absolute Gasteiger partial charge is 0.154 e. The molecule has 0 saturated heterocycles. The molecule has 0 aromatic rings. The normalized spacial score (nSPS) is 10.4. The molecule has 0 atom stereocenters. The highest BCUT2D eigenvalue weighted by molar-refractivity contribution is 8.85. The van der Waals surface area contributed by atoms with Crippen LogP contribution >= 0.6 is 66.7 Å². The summed E-state index contributed by atoms with van der Waals surface area (Å²) in [5.41, 5.74) is 0. The lowest BCUT2D eigenvalue weighted by molar-refractivity contribution is 2.15. The molecule has 0 saturated carbocycles. The molecule has 0 radical (unpaired) electrons. The van der Waals surface area contributed by atoms with Gasteiger partial charge < -0.3 is 0 Å². The minimum Gasteiger partial charge on any atom is -0.154 e. The van der Waals surface area contributed by atoms with Gasteiger partial charge in [-0.2, -0.15) is 11.8 Å². The Morgan fingerprint density at radius 2 is 1.55 bits per heavy atom. The summed E-state index contributed by atoms with van der Waals surface area (Å²) < 4.78 is 0. The van der Waals surface area contributed by atoms with Crippen molar-refractivity contribution in [3.63, 3.8) is 0 Å². The molecule has 0 aliphatic heterocycles. The molecule has 0 aliphatic carbocycles. The van der Waals surface area contributed by atoms with Crippen molar-refractivity contribution in [2.24, 2.45) is 0 Å². The van der Waals surface area contributed by atoms with Crippen LogP contribution in [-0.4, -0.2) is 27.8 Å². The van der Waals surface area contributed by atoms with Crippen molar-refractivity contribution in [1.29, 1.82) is 0 Å². The third-order valence-corrected chi connectivity index (χ3v) is 8.27. The second-order valence-electron chi connectivity index (χ2n) is 1.37. The minimum absolute atomic E-state index is 1.20. The molecule has 0 aliphatic rings. The highest BCUT2D eigenvalue weighted by atomic mass is 33.1. The third kappa shape index (κ3) is 12.1. The first kappa shape index (κ1) is 13.1. The van der Waals surface area contributed by atoms with E-state index in [-0.39, 0.29) is 0 Å². The van der Waals surface area contributed by atoms with Gasteiger partial charge in [0.25, 0.3) is 0 Å². The standard InChI is InChI=1S/C5H12S6/c1-6-3-8-4-10-11-5-9-7-2/h3-5H2,1-2H3. The Morgan fingerprint density at radius 1 is 0.818 bits per heavy atom. The molecular weight excluding hydrogens is 252 g/mol. The summed E-state index contributed by atoms with van der Waals surface area (Å²) in [6.07, 6.45) is 4.27. The predicted molar refractivity (Wildman–Crippen MR) is 72.0 cm³/mol. The second-order valence-corrected chi connectivity index (χ2v) is 9.34. The first-order valence-electron chi connectivity index (χ1n) is 2.88. The van der Waals surface area contributed by atoms with Gasteiger partial charge in [0, 0.05) is 5.08 Å². The van der Waals surface area contributed by atoms with Crippen LogP contribution in [0.25, 0.3) is 0 Å². The van der Waals surface area contributed by atoms with E-state index in [9.17, 15) is 0 Å². The van der Waals surface area contributed by atoms with Gasteiger partial charge in [-0.3, -0.25) is 0 Å². The lowest BCUT2D eigenvalue weighted by atomic mass is 11.9. The van der Waals surface area contributed by atoms with E-state index in [4.69, 9.17) is 0 Å². The SMILES string of the molecule is CSCSCSSCSSC. The molecule has 0 spiro atoms. The fourth-order valence-electron chi connectivity index (χ4n) is 0.287. The monoisotopic (exact) mass is 264 g/mol. The van der Waals surface area contributed by atoms with Crippen LogP contribution in [0.5, 0.6) is 0 Å². The molecule has 0 bridgehead atoms. The molecule has 0 fully saturated rings. The topological polar surface area (TPSA) is 0 Å². The molecule has 6 heteroatoms. The summed E-state index contributed by atoms with van der Waals surface area (Å²) in [5, 5.41) is 3.65. The lowest BCUT2D eigenvalue weighted by Crippen LogP contribution is -1.69. The average Bonchev–Trinajstić information content (AvgIpc) is 2.03. The summed E-state index contributed by atoms with van der Waals surface area (Å²) in [6.45, 7) is 0. The number of hydrogen-bond donors (Lipinski definition) is 0. The zero-order chi connectivity index (χ0) is 8.36. The van der Waals surface area contributed by atoms with Gasteiger partial charge in [0.05, 0.1) is 10.2 Å². The van der Waals surface area contributed by atoms with Crippen molar-refractivity contribution >= 4 is 66.7 Å². The zero-order valence-electron chi connectivity index (χ0n) is 6.57. The van der Waals surface area contributed by atoms with Gasteiger partial charge in [0.15, 0.2) is 0 Å². The van der Waals surface area contributed by atoms with Crippen molar-refractivity contribution in [2.45, 2.75) is 0 Å². The Hall–Kier alpha value is 2.10. The maximum atomic E-state index is 2.15. The van der Waals surface area contributed by atoms with E-state index in [1.54, 1.807) is 0 Å². The molecule has 11 heavy (non-hydrogen) atoms. The maximum absolute atomic E-state index is 2.15. The molecule has 0 amide bonds. The Morgan fingerprint density at radius 3 is 2.18 bits per heavy atom. The third-order valence-electron chi connectivity index (χ3n) is 0.630. The van der Waals surface area contributed by atoms with Crippen molar-refractivity contribution in [1.82, 2.24) is 0 Å². The summed E-state index contributed by atoms with van der Waals surface area (Å²) in [4.78, 5) is 0. The average molecular weight is 265 g/mol. The fraction of sp³-hybridized carbons (Fsp3) is 1.00.